The second-order valence-corrected chi connectivity index (χ2v) is 7.00. The minimum absolute atomic E-state index is 0.00801. The minimum atomic E-state index is -1.07. The fraction of sp³-hybridized carbons (Fsp3) is 0.556. The summed E-state index contributed by atoms with van der Waals surface area (Å²) in [6.45, 7) is 8.61. The van der Waals surface area contributed by atoms with Gasteiger partial charge in [0.15, 0.2) is 12.1 Å². The molecule has 1 fully saturated rings. The fourth-order valence-corrected chi connectivity index (χ4v) is 2.59. The molecule has 0 aromatic heterocycles. The van der Waals surface area contributed by atoms with E-state index >= 15 is 0 Å². The van der Waals surface area contributed by atoms with Gasteiger partial charge >= 0.3 is 5.97 Å². The summed E-state index contributed by atoms with van der Waals surface area (Å²) in [5, 5.41) is 9.22. The van der Waals surface area contributed by atoms with E-state index in [-0.39, 0.29) is 24.5 Å². The number of carbonyl (C=O) groups is 2. The van der Waals surface area contributed by atoms with Gasteiger partial charge in [-0.1, -0.05) is 32.9 Å². The molecule has 132 valence electrons. The van der Waals surface area contributed by atoms with Gasteiger partial charge in [-0.15, -0.1) is 0 Å². The third kappa shape index (κ3) is 4.26. The van der Waals surface area contributed by atoms with Crippen molar-refractivity contribution >= 4 is 11.9 Å². The molecule has 0 radical (unpaired) electrons. The summed E-state index contributed by atoms with van der Waals surface area (Å²) >= 11 is 0. The highest BCUT2D eigenvalue weighted by Gasteiger charge is 2.35. The van der Waals surface area contributed by atoms with Gasteiger partial charge in [-0.25, -0.2) is 4.79 Å². The number of carboxylic acids is 1. The van der Waals surface area contributed by atoms with Crippen molar-refractivity contribution in [2.75, 3.05) is 19.8 Å². The van der Waals surface area contributed by atoms with Gasteiger partial charge in [0.05, 0.1) is 13.2 Å². The van der Waals surface area contributed by atoms with Crippen molar-refractivity contribution in [1.82, 2.24) is 4.90 Å². The Labute approximate surface area is 142 Å². The molecule has 6 heteroatoms. The summed E-state index contributed by atoms with van der Waals surface area (Å²) in [5.74, 6) is -0.820. The molecule has 0 saturated carbocycles. The Hall–Kier alpha value is -2.08. The minimum Gasteiger partial charge on any atom is -0.481 e. The van der Waals surface area contributed by atoms with Gasteiger partial charge in [-0.2, -0.15) is 0 Å². The summed E-state index contributed by atoms with van der Waals surface area (Å²) in [4.78, 5) is 25.1. The molecule has 24 heavy (non-hydrogen) atoms. The molecular weight excluding hydrogens is 310 g/mol. The van der Waals surface area contributed by atoms with Gasteiger partial charge in [-0.3, -0.25) is 4.79 Å². The number of nitrogens with zero attached hydrogens (tertiary/aromatic N) is 1. The average molecular weight is 335 g/mol. The van der Waals surface area contributed by atoms with Crippen LogP contribution in [0.3, 0.4) is 0 Å². The maximum absolute atomic E-state index is 12.5. The van der Waals surface area contributed by atoms with Crippen LogP contribution >= 0.6 is 0 Å². The first-order valence-corrected chi connectivity index (χ1v) is 8.08. The molecule has 1 heterocycles. The van der Waals surface area contributed by atoms with E-state index in [1.165, 1.54) is 10.5 Å². The Morgan fingerprint density at radius 2 is 1.92 bits per heavy atom. The van der Waals surface area contributed by atoms with Crippen molar-refractivity contribution < 1.29 is 24.2 Å². The molecule has 1 aromatic rings. The lowest BCUT2D eigenvalue weighted by Crippen LogP contribution is -2.55. The van der Waals surface area contributed by atoms with Gasteiger partial charge in [0.25, 0.3) is 5.91 Å². The number of carboxylic acid groups (broad SMARTS) is 1. The molecule has 1 amide bonds. The lowest BCUT2D eigenvalue weighted by atomic mass is 9.87. The first-order valence-electron chi connectivity index (χ1n) is 8.08. The second kappa shape index (κ2) is 7.21. The predicted molar refractivity (Wildman–Crippen MR) is 89.2 cm³/mol. The predicted octanol–water partition coefficient (Wildman–Crippen LogP) is 2.06. The molecule has 0 bridgehead atoms. The third-order valence-electron chi connectivity index (χ3n) is 4.08. The van der Waals surface area contributed by atoms with Crippen LogP contribution in [-0.4, -0.2) is 53.8 Å². The SMILES string of the molecule is CC(Oc1ccc(C(C)(C)C)cc1)C(=O)N1CCOCC1C(=O)O. The topological polar surface area (TPSA) is 76.1 Å². The third-order valence-corrected chi connectivity index (χ3v) is 4.08. The Morgan fingerprint density at radius 3 is 2.46 bits per heavy atom. The monoisotopic (exact) mass is 335 g/mol. The number of benzene rings is 1. The molecule has 2 rings (SSSR count). The highest BCUT2D eigenvalue weighted by Crippen LogP contribution is 2.25. The van der Waals surface area contributed by atoms with Crippen LogP contribution in [0.5, 0.6) is 5.75 Å². The zero-order valence-electron chi connectivity index (χ0n) is 14.6. The number of amides is 1. The Morgan fingerprint density at radius 1 is 1.29 bits per heavy atom. The smallest absolute Gasteiger partial charge is 0.328 e. The number of morpholine rings is 1. The summed E-state index contributed by atoms with van der Waals surface area (Å²) in [5.41, 5.74) is 1.22. The first-order chi connectivity index (χ1) is 11.2. The molecule has 0 spiro atoms. The Bertz CT molecular complexity index is 590. The molecule has 1 saturated heterocycles. The van der Waals surface area contributed by atoms with Crippen molar-refractivity contribution in [1.29, 1.82) is 0 Å². The van der Waals surface area contributed by atoms with Crippen molar-refractivity contribution in [3.05, 3.63) is 29.8 Å². The molecule has 0 aliphatic carbocycles. The summed E-state index contributed by atoms with van der Waals surface area (Å²) < 4.78 is 10.9. The molecule has 1 N–H and O–H groups in total. The van der Waals surface area contributed by atoms with E-state index in [4.69, 9.17) is 9.47 Å². The number of aliphatic carboxylic acids is 1. The normalized spacial score (nSPS) is 19.7. The maximum atomic E-state index is 12.5. The van der Waals surface area contributed by atoms with Crippen LogP contribution in [0.1, 0.15) is 33.3 Å². The van der Waals surface area contributed by atoms with Gasteiger partial charge in [0.1, 0.15) is 5.75 Å². The van der Waals surface area contributed by atoms with Crippen LogP contribution in [0, 0.1) is 0 Å². The van der Waals surface area contributed by atoms with Gasteiger partial charge in [0.2, 0.25) is 0 Å². The molecule has 1 aliphatic heterocycles. The fourth-order valence-electron chi connectivity index (χ4n) is 2.59. The summed E-state index contributed by atoms with van der Waals surface area (Å²) in [7, 11) is 0. The van der Waals surface area contributed by atoms with E-state index in [1.54, 1.807) is 6.92 Å². The highest BCUT2D eigenvalue weighted by atomic mass is 16.5. The number of carbonyl (C=O) groups excluding carboxylic acids is 1. The number of rotatable bonds is 4. The van der Waals surface area contributed by atoms with E-state index in [0.717, 1.165) is 0 Å². The van der Waals surface area contributed by atoms with Crippen molar-refractivity contribution in [2.45, 2.75) is 45.3 Å². The Kier molecular flexibility index (Phi) is 5.49. The van der Waals surface area contributed by atoms with Crippen molar-refractivity contribution in [3.63, 3.8) is 0 Å². The van der Waals surface area contributed by atoms with E-state index in [9.17, 15) is 14.7 Å². The van der Waals surface area contributed by atoms with Gasteiger partial charge < -0.3 is 19.5 Å². The summed E-state index contributed by atoms with van der Waals surface area (Å²) in [6, 6.07) is 6.65. The average Bonchev–Trinajstić information content (AvgIpc) is 2.53. The van der Waals surface area contributed by atoms with E-state index in [1.807, 2.05) is 24.3 Å². The van der Waals surface area contributed by atoms with Crippen LogP contribution in [0.2, 0.25) is 0 Å². The van der Waals surface area contributed by atoms with Crippen LogP contribution in [-0.2, 0) is 19.7 Å². The van der Waals surface area contributed by atoms with E-state index in [0.29, 0.717) is 12.4 Å². The second-order valence-electron chi connectivity index (χ2n) is 7.00. The van der Waals surface area contributed by atoms with Crippen LogP contribution in [0.25, 0.3) is 0 Å². The van der Waals surface area contributed by atoms with Crippen LogP contribution in [0.15, 0.2) is 24.3 Å². The molecule has 2 unspecified atom stereocenters. The maximum Gasteiger partial charge on any atom is 0.328 e. The molecule has 1 aliphatic rings. The quantitative estimate of drug-likeness (QED) is 0.911. The van der Waals surface area contributed by atoms with Crippen molar-refractivity contribution in [2.24, 2.45) is 0 Å². The molecule has 6 nitrogen and oxygen atoms in total. The molecular formula is C18H25NO5. The van der Waals surface area contributed by atoms with E-state index < -0.39 is 18.1 Å². The zero-order valence-corrected chi connectivity index (χ0v) is 14.6. The van der Waals surface area contributed by atoms with Gasteiger partial charge in [0, 0.05) is 6.54 Å². The number of hydrogen-bond acceptors (Lipinski definition) is 4. The Balaban J connectivity index is 2.04. The summed E-state index contributed by atoms with van der Waals surface area (Å²) in [6.07, 6.45) is -0.759. The van der Waals surface area contributed by atoms with Crippen LogP contribution in [0.4, 0.5) is 0 Å². The number of ether oxygens (including phenoxy) is 2. The van der Waals surface area contributed by atoms with E-state index in [2.05, 4.69) is 20.8 Å². The lowest BCUT2D eigenvalue weighted by Gasteiger charge is -2.34. The first kappa shape index (κ1) is 18.3. The standard InChI is InChI=1S/C18H25NO5/c1-12(16(20)19-9-10-23-11-15(19)17(21)22)24-14-7-5-13(6-8-14)18(2,3)4/h5-8,12,15H,9-11H2,1-4H3,(H,21,22). The zero-order chi connectivity index (χ0) is 17.9. The molecule has 2 atom stereocenters. The largest absolute Gasteiger partial charge is 0.481 e. The number of hydrogen-bond donors (Lipinski definition) is 1. The molecule has 1 aromatic carbocycles. The van der Waals surface area contributed by atoms with Crippen molar-refractivity contribution in [3.8, 4) is 5.75 Å². The highest BCUT2D eigenvalue weighted by molar-refractivity contribution is 5.86. The van der Waals surface area contributed by atoms with Gasteiger partial charge in [-0.05, 0) is 30.0 Å². The lowest BCUT2D eigenvalue weighted by molar-refractivity contribution is -0.161. The van der Waals surface area contributed by atoms with Crippen LogP contribution < -0.4 is 4.74 Å².